The average Bonchev–Trinajstić information content (AvgIpc) is 3.00. The van der Waals surface area contributed by atoms with E-state index in [1.807, 2.05) is 6.92 Å². The van der Waals surface area contributed by atoms with Crippen LogP contribution in [-0.2, 0) is 9.53 Å². The third-order valence-electron chi connectivity index (χ3n) is 7.84. The van der Waals surface area contributed by atoms with E-state index >= 15 is 0 Å². The third kappa shape index (κ3) is 11.7. The molecule has 3 rings (SSSR count). The van der Waals surface area contributed by atoms with Gasteiger partial charge in [0.25, 0.3) is 0 Å². The number of carbonyl (C=O) groups is 1. The summed E-state index contributed by atoms with van der Waals surface area (Å²) in [5.74, 6) is 0.820. The highest BCUT2D eigenvalue weighted by Crippen LogP contribution is 2.33. The van der Waals surface area contributed by atoms with Crippen molar-refractivity contribution in [3.05, 3.63) is 78.4 Å². The molecule has 0 saturated carbocycles. The van der Waals surface area contributed by atoms with Gasteiger partial charge in [0.1, 0.15) is 11.9 Å². The summed E-state index contributed by atoms with van der Waals surface area (Å²) in [5, 5.41) is 0. The minimum absolute atomic E-state index is 0.0926. The zero-order valence-corrected chi connectivity index (χ0v) is 25.8. The highest BCUT2D eigenvalue weighted by Gasteiger charge is 2.13. The van der Waals surface area contributed by atoms with E-state index in [2.05, 4.69) is 86.6 Å². The maximum Gasteiger partial charge on any atom is 0.306 e. The molecule has 3 heteroatoms. The fourth-order valence-corrected chi connectivity index (χ4v) is 5.24. The Morgan fingerprint density at radius 1 is 0.610 bits per heavy atom. The Balaban J connectivity index is 1.43. The fourth-order valence-electron chi connectivity index (χ4n) is 5.24. The van der Waals surface area contributed by atoms with Crippen molar-refractivity contribution in [2.24, 2.45) is 0 Å². The normalized spacial score (nSPS) is 11.8. The molecular formula is C38H52O3. The Kier molecular flexibility index (Phi) is 15.1. The average molecular weight is 557 g/mol. The molecule has 0 saturated heterocycles. The van der Waals surface area contributed by atoms with Gasteiger partial charge >= 0.3 is 5.97 Å². The Bertz CT molecular complexity index is 1120. The quantitative estimate of drug-likeness (QED) is 0.103. The summed E-state index contributed by atoms with van der Waals surface area (Å²) in [6, 6.07) is 25.3. The van der Waals surface area contributed by atoms with Crippen LogP contribution in [0.2, 0.25) is 0 Å². The van der Waals surface area contributed by atoms with Crippen molar-refractivity contribution in [3.63, 3.8) is 0 Å². The number of unbranched alkanes of at least 4 members (excludes halogenated alkanes) is 11. The number of hydrogen-bond donors (Lipinski definition) is 0. The van der Waals surface area contributed by atoms with E-state index in [1.54, 1.807) is 0 Å². The van der Waals surface area contributed by atoms with Crippen LogP contribution in [-0.4, -0.2) is 12.6 Å². The molecule has 1 unspecified atom stereocenters. The van der Waals surface area contributed by atoms with Gasteiger partial charge in [0, 0.05) is 6.42 Å². The molecule has 3 aromatic carbocycles. The highest BCUT2D eigenvalue weighted by molar-refractivity contribution is 5.83. The van der Waals surface area contributed by atoms with Gasteiger partial charge in [-0.1, -0.05) is 145 Å². The summed E-state index contributed by atoms with van der Waals surface area (Å²) >= 11 is 0. The van der Waals surface area contributed by atoms with Crippen LogP contribution in [0, 0.1) is 0 Å². The first-order valence-corrected chi connectivity index (χ1v) is 16.2. The Morgan fingerprint density at radius 3 is 1.63 bits per heavy atom. The molecule has 0 bridgehead atoms. The Hall–Kier alpha value is -3.07. The summed E-state index contributed by atoms with van der Waals surface area (Å²) in [6.45, 7) is 7.16. The van der Waals surface area contributed by atoms with Gasteiger partial charge in [-0.25, -0.2) is 0 Å². The monoisotopic (exact) mass is 556 g/mol. The van der Waals surface area contributed by atoms with Crippen molar-refractivity contribution >= 4 is 5.97 Å². The first kappa shape index (κ1) is 32.4. The second-order valence-electron chi connectivity index (χ2n) is 11.3. The second-order valence-corrected chi connectivity index (χ2v) is 11.3. The molecule has 0 aromatic heterocycles. The minimum Gasteiger partial charge on any atom is -0.494 e. The topological polar surface area (TPSA) is 35.5 Å². The molecule has 0 aliphatic heterocycles. The predicted molar refractivity (Wildman–Crippen MR) is 173 cm³/mol. The van der Waals surface area contributed by atoms with Crippen molar-refractivity contribution in [1.29, 1.82) is 0 Å². The molecule has 0 fully saturated rings. The number of hydrogen-bond acceptors (Lipinski definition) is 3. The maximum absolute atomic E-state index is 12.4. The van der Waals surface area contributed by atoms with E-state index in [1.165, 1.54) is 68.9 Å². The number of carbonyl (C=O) groups excluding carboxylic acids is 1. The molecule has 1 atom stereocenters. The molecule has 0 aliphatic carbocycles. The molecule has 0 heterocycles. The second kappa shape index (κ2) is 19.1. The van der Waals surface area contributed by atoms with Crippen LogP contribution in [0.25, 0.3) is 22.3 Å². The van der Waals surface area contributed by atoms with Crippen LogP contribution in [0.1, 0.15) is 122 Å². The van der Waals surface area contributed by atoms with Crippen LogP contribution in [0.4, 0.5) is 0 Å². The van der Waals surface area contributed by atoms with E-state index in [-0.39, 0.29) is 12.1 Å². The highest BCUT2D eigenvalue weighted by atomic mass is 16.5. The lowest BCUT2D eigenvalue weighted by molar-refractivity contribution is -0.148. The van der Waals surface area contributed by atoms with Gasteiger partial charge < -0.3 is 9.47 Å². The van der Waals surface area contributed by atoms with Crippen molar-refractivity contribution < 1.29 is 14.3 Å². The van der Waals surface area contributed by atoms with Gasteiger partial charge in [-0.2, -0.15) is 0 Å². The molecule has 222 valence electrons. The summed E-state index contributed by atoms with van der Waals surface area (Å²) in [6.07, 6.45) is 16.5. The number of ether oxygens (including phenoxy) is 2. The first-order chi connectivity index (χ1) is 20.1. The van der Waals surface area contributed by atoms with E-state index < -0.39 is 0 Å². The standard InChI is InChI=1S/C38H52O3/c1-4-6-8-9-10-11-12-13-14-15-16-21-38(39)41-31(3)32-22-24-33(25-23-32)36-19-17-18-20-37(36)34-26-28-35(29-27-34)40-30-7-5-2/h17-20,22-29,31H,4-16,21,30H2,1-3H3. The molecule has 3 aromatic rings. The van der Waals surface area contributed by atoms with E-state index in [0.29, 0.717) is 6.42 Å². The molecular weight excluding hydrogens is 504 g/mol. The lowest BCUT2D eigenvalue weighted by atomic mass is 9.94. The van der Waals surface area contributed by atoms with Crippen LogP contribution >= 0.6 is 0 Å². The molecule has 3 nitrogen and oxygen atoms in total. The largest absolute Gasteiger partial charge is 0.494 e. The fraction of sp³-hybridized carbons (Fsp3) is 0.500. The van der Waals surface area contributed by atoms with Gasteiger partial charge in [-0.05, 0) is 59.7 Å². The summed E-state index contributed by atoms with van der Waals surface area (Å²) in [5.41, 5.74) is 5.70. The molecule has 0 N–H and O–H groups in total. The molecule has 0 spiro atoms. The zero-order chi connectivity index (χ0) is 29.1. The Morgan fingerprint density at radius 2 is 1.10 bits per heavy atom. The number of rotatable bonds is 20. The van der Waals surface area contributed by atoms with Crippen LogP contribution < -0.4 is 4.74 Å². The smallest absolute Gasteiger partial charge is 0.306 e. The van der Waals surface area contributed by atoms with Crippen LogP contribution in [0.15, 0.2) is 72.8 Å². The summed E-state index contributed by atoms with van der Waals surface area (Å²) < 4.78 is 11.6. The zero-order valence-electron chi connectivity index (χ0n) is 25.8. The molecule has 0 amide bonds. The van der Waals surface area contributed by atoms with Gasteiger partial charge in [0.15, 0.2) is 0 Å². The number of esters is 1. The first-order valence-electron chi connectivity index (χ1n) is 16.2. The maximum atomic E-state index is 12.4. The van der Waals surface area contributed by atoms with E-state index in [9.17, 15) is 4.79 Å². The van der Waals surface area contributed by atoms with Gasteiger partial charge in [-0.3, -0.25) is 4.79 Å². The summed E-state index contributed by atoms with van der Waals surface area (Å²) in [7, 11) is 0. The third-order valence-corrected chi connectivity index (χ3v) is 7.84. The van der Waals surface area contributed by atoms with Crippen molar-refractivity contribution in [2.45, 2.75) is 117 Å². The van der Waals surface area contributed by atoms with Gasteiger partial charge in [-0.15, -0.1) is 0 Å². The minimum atomic E-state index is -0.250. The van der Waals surface area contributed by atoms with E-state index in [0.717, 1.165) is 54.7 Å². The van der Waals surface area contributed by atoms with Crippen molar-refractivity contribution in [1.82, 2.24) is 0 Å². The molecule has 0 aliphatic rings. The lowest BCUT2D eigenvalue weighted by Gasteiger charge is -2.15. The van der Waals surface area contributed by atoms with Crippen LogP contribution in [0.3, 0.4) is 0 Å². The van der Waals surface area contributed by atoms with E-state index in [4.69, 9.17) is 9.47 Å². The van der Waals surface area contributed by atoms with Gasteiger partial charge in [0.2, 0.25) is 0 Å². The number of benzene rings is 3. The van der Waals surface area contributed by atoms with Crippen molar-refractivity contribution in [2.75, 3.05) is 6.61 Å². The molecule has 0 radical (unpaired) electrons. The van der Waals surface area contributed by atoms with Gasteiger partial charge in [0.05, 0.1) is 6.61 Å². The Labute approximate surface area is 249 Å². The predicted octanol–water partition coefficient (Wildman–Crippen LogP) is 11.5. The van der Waals surface area contributed by atoms with Crippen molar-refractivity contribution in [3.8, 4) is 28.0 Å². The summed E-state index contributed by atoms with van der Waals surface area (Å²) in [4.78, 5) is 12.4. The van der Waals surface area contributed by atoms with Crippen LogP contribution in [0.5, 0.6) is 5.75 Å². The SMILES string of the molecule is CCCCCCCCCCCCCC(=O)OC(C)c1ccc(-c2ccccc2-c2ccc(OCCCC)cc2)cc1. The molecule has 41 heavy (non-hydrogen) atoms. The lowest BCUT2D eigenvalue weighted by Crippen LogP contribution is -2.08.